The fourth-order valence-electron chi connectivity index (χ4n) is 4.17. The van der Waals surface area contributed by atoms with Gasteiger partial charge in [0.25, 0.3) is 0 Å². The molecular formula is C28H32O5. The summed E-state index contributed by atoms with van der Waals surface area (Å²) in [4.78, 5) is 0. The van der Waals surface area contributed by atoms with Gasteiger partial charge in [0.2, 0.25) is 0 Å². The molecule has 0 unspecified atom stereocenters. The number of benzene rings is 3. The molecule has 0 aliphatic carbocycles. The van der Waals surface area contributed by atoms with E-state index in [0.717, 1.165) is 16.7 Å². The Hall–Kier alpha value is -2.54. The Bertz CT molecular complexity index is 934. The first kappa shape index (κ1) is 23.6. The molecule has 0 saturated carbocycles. The standard InChI is InChI=1S/C28H32O5/c1-21-26(30-18-22-11-5-2-6-12-22)28(32-20-24-15-9-4-10-16-24)27(25(17-29)33-21)31-19-23-13-7-3-8-14-23/h2-16,21,25-29H,17-20H2,1H3/t21-,25+,26+,27+,28-/m1/s1. The number of aliphatic hydroxyl groups excluding tert-OH is 1. The number of ether oxygens (including phenoxy) is 4. The van der Waals surface area contributed by atoms with Gasteiger partial charge in [-0.15, -0.1) is 0 Å². The van der Waals surface area contributed by atoms with Gasteiger partial charge in [-0.05, 0) is 23.6 Å². The van der Waals surface area contributed by atoms with E-state index in [1.54, 1.807) is 0 Å². The zero-order valence-corrected chi connectivity index (χ0v) is 19.0. The third-order valence-electron chi connectivity index (χ3n) is 5.90. The van der Waals surface area contributed by atoms with Crippen LogP contribution in [0.5, 0.6) is 0 Å². The molecule has 3 aromatic rings. The van der Waals surface area contributed by atoms with E-state index < -0.39 is 18.3 Å². The summed E-state index contributed by atoms with van der Waals surface area (Å²) in [6, 6.07) is 30.1. The molecule has 0 aromatic heterocycles. The largest absolute Gasteiger partial charge is 0.394 e. The molecule has 0 radical (unpaired) electrons. The van der Waals surface area contributed by atoms with Crippen molar-refractivity contribution in [2.75, 3.05) is 6.61 Å². The molecule has 1 heterocycles. The highest BCUT2D eigenvalue weighted by Gasteiger charge is 2.46. The highest BCUT2D eigenvalue weighted by Crippen LogP contribution is 2.30. The fourth-order valence-corrected chi connectivity index (χ4v) is 4.17. The average molecular weight is 449 g/mol. The van der Waals surface area contributed by atoms with E-state index >= 15 is 0 Å². The molecule has 1 saturated heterocycles. The van der Waals surface area contributed by atoms with Gasteiger partial charge >= 0.3 is 0 Å². The van der Waals surface area contributed by atoms with Crippen molar-refractivity contribution in [1.29, 1.82) is 0 Å². The van der Waals surface area contributed by atoms with Crippen molar-refractivity contribution in [1.82, 2.24) is 0 Å². The van der Waals surface area contributed by atoms with E-state index in [1.165, 1.54) is 0 Å². The lowest BCUT2D eigenvalue weighted by Crippen LogP contribution is -2.60. The van der Waals surface area contributed by atoms with Gasteiger partial charge in [-0.3, -0.25) is 0 Å². The highest BCUT2D eigenvalue weighted by molar-refractivity contribution is 5.15. The number of hydrogen-bond donors (Lipinski definition) is 1. The number of rotatable bonds is 10. The molecular weight excluding hydrogens is 416 g/mol. The van der Waals surface area contributed by atoms with Crippen molar-refractivity contribution in [3.8, 4) is 0 Å². The van der Waals surface area contributed by atoms with Gasteiger partial charge in [0.05, 0.1) is 32.5 Å². The molecule has 5 heteroatoms. The molecule has 4 rings (SSSR count). The maximum atomic E-state index is 10.1. The molecule has 1 fully saturated rings. The second-order valence-electron chi connectivity index (χ2n) is 8.35. The van der Waals surface area contributed by atoms with Gasteiger partial charge in [-0.25, -0.2) is 0 Å². The Labute approximate surface area is 195 Å². The van der Waals surface area contributed by atoms with Crippen LogP contribution in [0, 0.1) is 0 Å². The summed E-state index contributed by atoms with van der Waals surface area (Å²) in [5.41, 5.74) is 3.20. The van der Waals surface area contributed by atoms with E-state index in [1.807, 2.05) is 97.9 Å². The molecule has 3 aromatic carbocycles. The normalized spacial score (nSPS) is 25.1. The van der Waals surface area contributed by atoms with Crippen LogP contribution in [0.1, 0.15) is 23.6 Å². The second-order valence-corrected chi connectivity index (χ2v) is 8.35. The van der Waals surface area contributed by atoms with Crippen molar-refractivity contribution in [3.63, 3.8) is 0 Å². The summed E-state index contributed by atoms with van der Waals surface area (Å²) < 4.78 is 25.2. The average Bonchev–Trinajstić information content (AvgIpc) is 2.87. The van der Waals surface area contributed by atoms with Crippen LogP contribution in [0.15, 0.2) is 91.0 Å². The van der Waals surface area contributed by atoms with E-state index in [0.29, 0.717) is 19.8 Å². The third-order valence-corrected chi connectivity index (χ3v) is 5.90. The SMILES string of the molecule is C[C@H]1O[C@@H](CO)[C@H](OCc2ccccc2)[C@H](OCc2ccccc2)[C@H]1OCc1ccccc1. The lowest BCUT2D eigenvalue weighted by atomic mass is 9.94. The zero-order valence-electron chi connectivity index (χ0n) is 19.0. The quantitative estimate of drug-likeness (QED) is 0.494. The summed E-state index contributed by atoms with van der Waals surface area (Å²) in [7, 11) is 0. The number of hydrogen-bond acceptors (Lipinski definition) is 5. The molecule has 0 amide bonds. The topological polar surface area (TPSA) is 57.2 Å². The van der Waals surface area contributed by atoms with Gasteiger partial charge in [0.1, 0.15) is 24.4 Å². The Balaban J connectivity index is 1.53. The predicted molar refractivity (Wildman–Crippen MR) is 126 cm³/mol. The summed E-state index contributed by atoms with van der Waals surface area (Å²) in [5.74, 6) is 0. The van der Waals surface area contributed by atoms with Crippen molar-refractivity contribution >= 4 is 0 Å². The lowest BCUT2D eigenvalue weighted by molar-refractivity contribution is -0.266. The van der Waals surface area contributed by atoms with Crippen LogP contribution in [0.4, 0.5) is 0 Å². The molecule has 1 aliphatic heterocycles. The first-order valence-electron chi connectivity index (χ1n) is 11.5. The molecule has 1 aliphatic rings. The molecule has 5 nitrogen and oxygen atoms in total. The first-order chi connectivity index (χ1) is 16.2. The number of aliphatic hydroxyl groups is 1. The van der Waals surface area contributed by atoms with Crippen LogP contribution in [-0.4, -0.2) is 42.2 Å². The Kier molecular flexibility index (Phi) is 8.64. The van der Waals surface area contributed by atoms with Crippen molar-refractivity contribution < 1.29 is 24.1 Å². The maximum absolute atomic E-state index is 10.1. The van der Waals surface area contributed by atoms with Gasteiger partial charge in [0.15, 0.2) is 0 Å². The predicted octanol–water partition coefficient (Wildman–Crippen LogP) is 4.52. The van der Waals surface area contributed by atoms with Crippen LogP contribution in [0.25, 0.3) is 0 Å². The summed E-state index contributed by atoms with van der Waals surface area (Å²) in [6.07, 6.45) is -1.99. The fraction of sp³-hybridized carbons (Fsp3) is 0.357. The van der Waals surface area contributed by atoms with Gasteiger partial charge < -0.3 is 24.1 Å². The zero-order chi connectivity index (χ0) is 22.9. The monoisotopic (exact) mass is 448 g/mol. The van der Waals surface area contributed by atoms with E-state index in [-0.39, 0.29) is 18.8 Å². The molecule has 33 heavy (non-hydrogen) atoms. The minimum atomic E-state index is -0.499. The Morgan fingerprint density at radius 3 is 1.42 bits per heavy atom. The van der Waals surface area contributed by atoms with Gasteiger partial charge in [0, 0.05) is 0 Å². The Morgan fingerprint density at radius 1 is 0.606 bits per heavy atom. The van der Waals surface area contributed by atoms with Crippen LogP contribution < -0.4 is 0 Å². The van der Waals surface area contributed by atoms with Crippen LogP contribution in [0.2, 0.25) is 0 Å². The summed E-state index contributed by atoms with van der Waals surface area (Å²) in [5, 5.41) is 10.1. The van der Waals surface area contributed by atoms with Crippen molar-refractivity contribution in [2.45, 2.75) is 57.3 Å². The maximum Gasteiger partial charge on any atom is 0.115 e. The summed E-state index contributed by atoms with van der Waals surface area (Å²) >= 11 is 0. The first-order valence-corrected chi connectivity index (χ1v) is 11.5. The molecule has 5 atom stereocenters. The molecule has 0 bridgehead atoms. The van der Waals surface area contributed by atoms with Gasteiger partial charge in [-0.1, -0.05) is 91.0 Å². The minimum absolute atomic E-state index is 0.152. The lowest BCUT2D eigenvalue weighted by Gasteiger charge is -2.45. The van der Waals surface area contributed by atoms with E-state index in [4.69, 9.17) is 18.9 Å². The highest BCUT2D eigenvalue weighted by atomic mass is 16.6. The Morgan fingerprint density at radius 2 is 1.00 bits per heavy atom. The van der Waals surface area contributed by atoms with Crippen molar-refractivity contribution in [3.05, 3.63) is 108 Å². The molecule has 1 N–H and O–H groups in total. The van der Waals surface area contributed by atoms with Crippen LogP contribution in [-0.2, 0) is 38.8 Å². The molecule has 174 valence electrons. The van der Waals surface area contributed by atoms with Crippen LogP contribution in [0.3, 0.4) is 0 Å². The molecule has 0 spiro atoms. The van der Waals surface area contributed by atoms with Gasteiger partial charge in [-0.2, -0.15) is 0 Å². The second kappa shape index (κ2) is 12.1. The smallest absolute Gasteiger partial charge is 0.115 e. The third kappa shape index (κ3) is 6.50. The van der Waals surface area contributed by atoms with Crippen molar-refractivity contribution in [2.24, 2.45) is 0 Å². The minimum Gasteiger partial charge on any atom is -0.394 e. The summed E-state index contributed by atoms with van der Waals surface area (Å²) in [6.45, 7) is 3.08. The van der Waals surface area contributed by atoms with Crippen LogP contribution >= 0.6 is 0 Å². The van der Waals surface area contributed by atoms with E-state index in [2.05, 4.69) is 0 Å². The van der Waals surface area contributed by atoms with E-state index in [9.17, 15) is 5.11 Å².